The lowest BCUT2D eigenvalue weighted by Gasteiger charge is -2.31. The van der Waals surface area contributed by atoms with Crippen LogP contribution in [-0.2, 0) is 6.42 Å². The molecule has 0 aromatic carbocycles. The summed E-state index contributed by atoms with van der Waals surface area (Å²) in [5.41, 5.74) is 1.75. The Balaban J connectivity index is 2.18. The fraction of sp³-hybridized carbons (Fsp3) is 0.647. The van der Waals surface area contributed by atoms with Crippen LogP contribution in [0.25, 0.3) is 0 Å². The highest BCUT2D eigenvalue weighted by Gasteiger charge is 2.22. The maximum atomic E-state index is 12.7. The summed E-state index contributed by atoms with van der Waals surface area (Å²) in [6.07, 6.45) is 4.23. The number of pyridine rings is 1. The monoisotopic (exact) mass is 289 g/mol. The van der Waals surface area contributed by atoms with E-state index in [4.69, 9.17) is 0 Å². The molecule has 4 heteroatoms. The van der Waals surface area contributed by atoms with Crippen LogP contribution in [0.1, 0.15) is 56.1 Å². The Morgan fingerprint density at radius 1 is 1.43 bits per heavy atom. The van der Waals surface area contributed by atoms with E-state index in [0.717, 1.165) is 56.0 Å². The number of rotatable bonds is 5. The summed E-state index contributed by atoms with van der Waals surface area (Å²) in [5.74, 6) is 1.58. The van der Waals surface area contributed by atoms with Crippen molar-refractivity contribution in [2.75, 3.05) is 25.0 Å². The largest absolute Gasteiger partial charge is 0.370 e. The van der Waals surface area contributed by atoms with Gasteiger partial charge in [-0.25, -0.2) is 4.98 Å². The SMILES string of the molecule is CCCNc1cc(C(=O)N2CCCC(C)C2)cc(CC)n1. The van der Waals surface area contributed by atoms with Crippen molar-refractivity contribution in [3.8, 4) is 0 Å². The van der Waals surface area contributed by atoms with Gasteiger partial charge in [-0.1, -0.05) is 20.8 Å². The fourth-order valence-corrected chi connectivity index (χ4v) is 2.79. The molecule has 0 aliphatic carbocycles. The number of piperidine rings is 1. The lowest BCUT2D eigenvalue weighted by atomic mass is 9.99. The topological polar surface area (TPSA) is 45.2 Å². The van der Waals surface area contributed by atoms with E-state index in [2.05, 4.69) is 31.1 Å². The molecule has 116 valence electrons. The molecule has 1 aromatic rings. The molecular weight excluding hydrogens is 262 g/mol. The first kappa shape index (κ1) is 15.8. The number of likely N-dealkylation sites (tertiary alicyclic amines) is 1. The first-order chi connectivity index (χ1) is 10.1. The second-order valence-corrected chi connectivity index (χ2v) is 6.01. The van der Waals surface area contributed by atoms with Gasteiger partial charge in [-0.15, -0.1) is 0 Å². The molecule has 21 heavy (non-hydrogen) atoms. The van der Waals surface area contributed by atoms with Gasteiger partial charge in [0.25, 0.3) is 5.91 Å². The van der Waals surface area contributed by atoms with Gasteiger partial charge < -0.3 is 10.2 Å². The van der Waals surface area contributed by atoms with Crippen molar-refractivity contribution in [3.63, 3.8) is 0 Å². The molecule has 1 fully saturated rings. The third-order valence-corrected chi connectivity index (χ3v) is 3.99. The van der Waals surface area contributed by atoms with Crippen LogP contribution in [-0.4, -0.2) is 35.4 Å². The summed E-state index contributed by atoms with van der Waals surface area (Å²) < 4.78 is 0. The highest BCUT2D eigenvalue weighted by molar-refractivity contribution is 5.95. The maximum Gasteiger partial charge on any atom is 0.254 e. The van der Waals surface area contributed by atoms with Crippen molar-refractivity contribution in [2.24, 2.45) is 5.92 Å². The zero-order valence-electron chi connectivity index (χ0n) is 13.5. The van der Waals surface area contributed by atoms with Crippen LogP contribution in [0.3, 0.4) is 0 Å². The van der Waals surface area contributed by atoms with E-state index in [9.17, 15) is 4.79 Å². The number of carbonyl (C=O) groups excluding carboxylic acids is 1. The van der Waals surface area contributed by atoms with Gasteiger partial charge in [0.2, 0.25) is 0 Å². The number of nitrogens with zero attached hydrogens (tertiary/aromatic N) is 2. The molecule has 1 unspecified atom stereocenters. The smallest absolute Gasteiger partial charge is 0.254 e. The van der Waals surface area contributed by atoms with Gasteiger partial charge >= 0.3 is 0 Å². The Hall–Kier alpha value is -1.58. The molecule has 0 bridgehead atoms. The van der Waals surface area contributed by atoms with Gasteiger partial charge in [-0.05, 0) is 43.7 Å². The van der Waals surface area contributed by atoms with Crippen LogP contribution in [0, 0.1) is 5.92 Å². The van der Waals surface area contributed by atoms with Gasteiger partial charge in [-0.3, -0.25) is 4.79 Å². The Morgan fingerprint density at radius 2 is 2.24 bits per heavy atom. The Morgan fingerprint density at radius 3 is 2.90 bits per heavy atom. The number of hydrogen-bond donors (Lipinski definition) is 1. The second-order valence-electron chi connectivity index (χ2n) is 6.01. The Bertz CT molecular complexity index is 487. The number of nitrogens with one attached hydrogen (secondary N) is 1. The highest BCUT2D eigenvalue weighted by atomic mass is 16.2. The first-order valence-electron chi connectivity index (χ1n) is 8.18. The van der Waals surface area contributed by atoms with Crippen molar-refractivity contribution in [2.45, 2.75) is 46.5 Å². The quantitative estimate of drug-likeness (QED) is 0.904. The van der Waals surface area contributed by atoms with Crippen LogP contribution in [0.4, 0.5) is 5.82 Å². The molecule has 1 amide bonds. The van der Waals surface area contributed by atoms with E-state index >= 15 is 0 Å². The Labute approximate surface area is 127 Å². The fourth-order valence-electron chi connectivity index (χ4n) is 2.79. The van der Waals surface area contributed by atoms with E-state index in [0.29, 0.717) is 5.92 Å². The van der Waals surface area contributed by atoms with Gasteiger partial charge in [0.1, 0.15) is 5.82 Å². The highest BCUT2D eigenvalue weighted by Crippen LogP contribution is 2.19. The molecule has 1 N–H and O–H groups in total. The molecule has 2 heterocycles. The van der Waals surface area contributed by atoms with E-state index in [1.165, 1.54) is 6.42 Å². The minimum Gasteiger partial charge on any atom is -0.370 e. The number of aryl methyl sites for hydroxylation is 1. The predicted octanol–water partition coefficient (Wildman–Crippen LogP) is 3.34. The summed E-state index contributed by atoms with van der Waals surface area (Å²) >= 11 is 0. The van der Waals surface area contributed by atoms with E-state index in [1.807, 2.05) is 17.0 Å². The third-order valence-electron chi connectivity index (χ3n) is 3.99. The zero-order chi connectivity index (χ0) is 15.2. The van der Waals surface area contributed by atoms with Crippen molar-refractivity contribution in [1.29, 1.82) is 0 Å². The summed E-state index contributed by atoms with van der Waals surface area (Å²) in [5, 5.41) is 3.29. The van der Waals surface area contributed by atoms with E-state index in [1.54, 1.807) is 0 Å². The molecule has 0 saturated carbocycles. The molecule has 1 saturated heterocycles. The van der Waals surface area contributed by atoms with Crippen LogP contribution in [0.15, 0.2) is 12.1 Å². The number of aromatic nitrogens is 1. The number of amides is 1. The average molecular weight is 289 g/mol. The molecule has 1 aliphatic heterocycles. The van der Waals surface area contributed by atoms with Crippen molar-refractivity contribution < 1.29 is 4.79 Å². The number of hydrogen-bond acceptors (Lipinski definition) is 3. The molecule has 1 aromatic heterocycles. The van der Waals surface area contributed by atoms with E-state index in [-0.39, 0.29) is 5.91 Å². The molecule has 0 radical (unpaired) electrons. The van der Waals surface area contributed by atoms with E-state index < -0.39 is 0 Å². The van der Waals surface area contributed by atoms with Crippen LogP contribution >= 0.6 is 0 Å². The standard InChI is InChI=1S/C17H27N3O/c1-4-8-18-16-11-14(10-15(5-2)19-16)17(21)20-9-6-7-13(3)12-20/h10-11,13H,4-9,12H2,1-3H3,(H,18,19). The summed E-state index contributed by atoms with van der Waals surface area (Å²) in [6.45, 7) is 9.05. The van der Waals surface area contributed by atoms with Crippen LogP contribution in [0.5, 0.6) is 0 Å². The molecule has 1 aliphatic rings. The maximum absolute atomic E-state index is 12.7. The number of anilines is 1. The molecule has 0 spiro atoms. The second kappa shape index (κ2) is 7.43. The van der Waals surface area contributed by atoms with Gasteiger partial charge in [0.15, 0.2) is 0 Å². The lowest BCUT2D eigenvalue weighted by Crippen LogP contribution is -2.39. The number of carbonyl (C=O) groups is 1. The minimum absolute atomic E-state index is 0.151. The first-order valence-corrected chi connectivity index (χ1v) is 8.18. The molecule has 2 rings (SSSR count). The van der Waals surface area contributed by atoms with Crippen molar-refractivity contribution >= 4 is 11.7 Å². The zero-order valence-corrected chi connectivity index (χ0v) is 13.5. The summed E-state index contributed by atoms with van der Waals surface area (Å²) in [7, 11) is 0. The van der Waals surface area contributed by atoms with Crippen LogP contribution < -0.4 is 5.32 Å². The Kier molecular flexibility index (Phi) is 5.59. The predicted molar refractivity (Wildman–Crippen MR) is 86.7 cm³/mol. The van der Waals surface area contributed by atoms with Crippen LogP contribution in [0.2, 0.25) is 0 Å². The normalized spacial score (nSPS) is 18.6. The van der Waals surface area contributed by atoms with Crippen molar-refractivity contribution in [1.82, 2.24) is 9.88 Å². The molecular formula is C17H27N3O. The van der Waals surface area contributed by atoms with Gasteiger partial charge in [0, 0.05) is 30.9 Å². The van der Waals surface area contributed by atoms with Gasteiger partial charge in [-0.2, -0.15) is 0 Å². The average Bonchev–Trinajstić information content (AvgIpc) is 2.51. The molecule has 1 atom stereocenters. The van der Waals surface area contributed by atoms with Gasteiger partial charge in [0.05, 0.1) is 0 Å². The summed E-state index contributed by atoms with van der Waals surface area (Å²) in [6, 6.07) is 3.84. The van der Waals surface area contributed by atoms with Crippen molar-refractivity contribution in [3.05, 3.63) is 23.4 Å². The third kappa shape index (κ3) is 4.19. The summed E-state index contributed by atoms with van der Waals surface area (Å²) in [4.78, 5) is 19.3. The lowest BCUT2D eigenvalue weighted by molar-refractivity contribution is 0.0683. The molecule has 4 nitrogen and oxygen atoms in total. The minimum atomic E-state index is 0.151.